The first kappa shape index (κ1) is 12.3. The number of carboxylic acids is 1. The molecular formula is C14H15FO4. The summed E-state index contributed by atoms with van der Waals surface area (Å²) in [6.07, 6.45) is 2.64. The minimum absolute atomic E-state index is 0.0579. The molecule has 4 nitrogen and oxygen atoms in total. The smallest absolute Gasteiger partial charge is 0.314 e. The van der Waals surface area contributed by atoms with E-state index in [1.807, 2.05) is 0 Å². The second-order valence-corrected chi connectivity index (χ2v) is 5.04. The Kier molecular flexibility index (Phi) is 2.84. The van der Waals surface area contributed by atoms with Crippen molar-refractivity contribution in [3.05, 3.63) is 23.5 Å². The molecule has 5 heteroatoms. The third kappa shape index (κ3) is 1.76. The average molecular weight is 266 g/mol. The van der Waals surface area contributed by atoms with E-state index >= 15 is 0 Å². The van der Waals surface area contributed by atoms with Gasteiger partial charge in [-0.25, -0.2) is 4.39 Å². The number of carboxylic acid groups (broad SMARTS) is 1. The predicted octanol–water partition coefficient (Wildman–Crippen LogP) is 2.49. The lowest BCUT2D eigenvalue weighted by Gasteiger charge is -2.39. The second-order valence-electron chi connectivity index (χ2n) is 5.04. The monoisotopic (exact) mass is 266 g/mol. The fourth-order valence-corrected chi connectivity index (χ4v) is 2.73. The zero-order valence-electron chi connectivity index (χ0n) is 10.4. The van der Waals surface area contributed by atoms with Crippen LogP contribution in [0.3, 0.4) is 0 Å². The molecule has 1 aromatic rings. The summed E-state index contributed by atoms with van der Waals surface area (Å²) in [6, 6.07) is 2.79. The first-order valence-corrected chi connectivity index (χ1v) is 6.47. The molecule has 1 aliphatic carbocycles. The summed E-state index contributed by atoms with van der Waals surface area (Å²) in [5.74, 6) is -1.04. The lowest BCUT2D eigenvalue weighted by atomic mass is 9.64. The van der Waals surface area contributed by atoms with E-state index in [1.54, 1.807) is 0 Å². The normalized spacial score (nSPS) is 20.3. The predicted molar refractivity (Wildman–Crippen MR) is 65.2 cm³/mol. The van der Waals surface area contributed by atoms with Crippen molar-refractivity contribution in [2.24, 2.45) is 0 Å². The van der Waals surface area contributed by atoms with Gasteiger partial charge in [0.1, 0.15) is 0 Å². The Morgan fingerprint density at radius 2 is 1.84 bits per heavy atom. The molecule has 1 N–H and O–H groups in total. The number of carbonyl (C=O) groups is 1. The molecule has 0 bridgehead atoms. The number of halogens is 1. The Morgan fingerprint density at radius 3 is 2.42 bits per heavy atom. The maximum Gasteiger partial charge on any atom is 0.314 e. The van der Waals surface area contributed by atoms with Crippen molar-refractivity contribution in [3.63, 3.8) is 0 Å². The molecule has 0 amide bonds. The van der Waals surface area contributed by atoms with Crippen molar-refractivity contribution in [3.8, 4) is 11.5 Å². The Balaban J connectivity index is 2.14. The van der Waals surface area contributed by atoms with Crippen LogP contribution in [-0.2, 0) is 10.2 Å². The molecule has 19 heavy (non-hydrogen) atoms. The van der Waals surface area contributed by atoms with E-state index in [4.69, 9.17) is 9.47 Å². The van der Waals surface area contributed by atoms with Gasteiger partial charge in [-0.05, 0) is 18.9 Å². The molecule has 1 saturated carbocycles. The van der Waals surface area contributed by atoms with Crippen molar-refractivity contribution in [2.45, 2.75) is 31.1 Å². The third-order valence-corrected chi connectivity index (χ3v) is 3.98. The Morgan fingerprint density at radius 1 is 1.16 bits per heavy atom. The van der Waals surface area contributed by atoms with E-state index in [2.05, 4.69) is 0 Å². The largest absolute Gasteiger partial charge is 0.489 e. The maximum absolute atomic E-state index is 13.8. The zero-order chi connectivity index (χ0) is 13.5. The van der Waals surface area contributed by atoms with Crippen molar-refractivity contribution in [1.29, 1.82) is 0 Å². The first-order valence-electron chi connectivity index (χ1n) is 6.47. The molecule has 0 spiro atoms. The quantitative estimate of drug-likeness (QED) is 0.893. The van der Waals surface area contributed by atoms with Crippen LogP contribution in [0, 0.1) is 5.82 Å². The summed E-state index contributed by atoms with van der Waals surface area (Å²) in [6.45, 7) is 0.798. The van der Waals surface area contributed by atoms with Crippen LogP contribution in [0.25, 0.3) is 0 Å². The third-order valence-electron chi connectivity index (χ3n) is 3.98. The van der Waals surface area contributed by atoms with Crippen molar-refractivity contribution >= 4 is 5.97 Å². The van der Waals surface area contributed by atoms with Gasteiger partial charge in [0, 0.05) is 12.0 Å². The fourth-order valence-electron chi connectivity index (χ4n) is 2.73. The van der Waals surface area contributed by atoms with Crippen molar-refractivity contribution < 1.29 is 23.8 Å². The molecule has 102 valence electrons. The van der Waals surface area contributed by atoms with Gasteiger partial charge in [-0.15, -0.1) is 0 Å². The second kappa shape index (κ2) is 4.40. The van der Waals surface area contributed by atoms with Gasteiger partial charge in [0.2, 0.25) is 0 Å². The summed E-state index contributed by atoms with van der Waals surface area (Å²) in [5, 5.41) is 9.49. The van der Waals surface area contributed by atoms with Gasteiger partial charge in [0.15, 0.2) is 17.3 Å². The van der Waals surface area contributed by atoms with Crippen LogP contribution < -0.4 is 9.47 Å². The topological polar surface area (TPSA) is 55.8 Å². The Labute approximate surface area is 110 Å². The molecule has 0 atom stereocenters. The van der Waals surface area contributed by atoms with Gasteiger partial charge in [-0.3, -0.25) is 4.79 Å². The number of aliphatic carboxylic acids is 1. The number of hydrogen-bond donors (Lipinski definition) is 1. The number of hydrogen-bond acceptors (Lipinski definition) is 3. The highest BCUT2D eigenvalue weighted by Gasteiger charge is 2.48. The van der Waals surface area contributed by atoms with Gasteiger partial charge in [0.25, 0.3) is 0 Å². The Bertz CT molecular complexity index is 522. The van der Waals surface area contributed by atoms with Crippen LogP contribution in [0.15, 0.2) is 12.1 Å². The first-order chi connectivity index (χ1) is 9.15. The highest BCUT2D eigenvalue weighted by molar-refractivity contribution is 5.84. The van der Waals surface area contributed by atoms with Crippen LogP contribution >= 0.6 is 0 Å². The van der Waals surface area contributed by atoms with E-state index in [1.165, 1.54) is 12.1 Å². The SMILES string of the molecule is O=C(O)C1(c2ccc(F)c3c2OCCCO3)CCC1. The summed E-state index contributed by atoms with van der Waals surface area (Å²) in [5.41, 5.74) is -0.393. The van der Waals surface area contributed by atoms with E-state index in [9.17, 15) is 14.3 Å². The van der Waals surface area contributed by atoms with Gasteiger partial charge in [-0.2, -0.15) is 0 Å². The number of rotatable bonds is 2. The van der Waals surface area contributed by atoms with E-state index < -0.39 is 17.2 Å². The van der Waals surface area contributed by atoms with Crippen LogP contribution in [0.4, 0.5) is 4.39 Å². The summed E-state index contributed by atoms with van der Waals surface area (Å²) >= 11 is 0. The van der Waals surface area contributed by atoms with Crippen molar-refractivity contribution in [1.82, 2.24) is 0 Å². The molecule has 2 aliphatic rings. The molecule has 1 aliphatic heterocycles. The fraction of sp³-hybridized carbons (Fsp3) is 0.500. The maximum atomic E-state index is 13.8. The zero-order valence-corrected chi connectivity index (χ0v) is 10.4. The molecule has 0 aromatic heterocycles. The van der Waals surface area contributed by atoms with Gasteiger partial charge in [0.05, 0.1) is 18.6 Å². The summed E-state index contributed by atoms with van der Waals surface area (Å²) in [7, 11) is 0. The summed E-state index contributed by atoms with van der Waals surface area (Å²) in [4.78, 5) is 11.6. The molecule has 3 rings (SSSR count). The number of ether oxygens (including phenoxy) is 2. The summed E-state index contributed by atoms with van der Waals surface area (Å²) < 4.78 is 24.7. The molecule has 0 unspecified atom stereocenters. The van der Waals surface area contributed by atoms with Crippen LogP contribution in [0.1, 0.15) is 31.2 Å². The molecule has 0 radical (unpaired) electrons. The number of fused-ring (bicyclic) bond motifs is 1. The number of benzene rings is 1. The molecule has 1 fully saturated rings. The molecule has 1 heterocycles. The highest BCUT2D eigenvalue weighted by atomic mass is 19.1. The van der Waals surface area contributed by atoms with Gasteiger partial charge < -0.3 is 14.6 Å². The molecular weight excluding hydrogens is 251 g/mol. The van der Waals surface area contributed by atoms with Gasteiger partial charge >= 0.3 is 5.97 Å². The van der Waals surface area contributed by atoms with E-state index in [-0.39, 0.29) is 11.5 Å². The minimum atomic E-state index is -0.939. The van der Waals surface area contributed by atoms with E-state index in [0.717, 1.165) is 6.42 Å². The lowest BCUT2D eigenvalue weighted by molar-refractivity contribution is -0.147. The molecule has 0 saturated heterocycles. The standard InChI is InChI=1S/C14H15FO4/c15-10-4-3-9(14(13(16)17)5-1-6-14)11-12(10)19-8-2-7-18-11/h3-4H,1-2,5-8H2,(H,16,17). The minimum Gasteiger partial charge on any atom is -0.489 e. The molecule has 1 aromatic carbocycles. The Hall–Kier alpha value is -1.78. The van der Waals surface area contributed by atoms with Crippen molar-refractivity contribution in [2.75, 3.05) is 13.2 Å². The van der Waals surface area contributed by atoms with E-state index in [0.29, 0.717) is 38.0 Å². The van der Waals surface area contributed by atoms with Crippen LogP contribution in [0.5, 0.6) is 11.5 Å². The van der Waals surface area contributed by atoms with Crippen LogP contribution in [-0.4, -0.2) is 24.3 Å². The average Bonchev–Trinajstić information content (AvgIpc) is 2.56. The van der Waals surface area contributed by atoms with Gasteiger partial charge in [-0.1, -0.05) is 12.5 Å². The highest BCUT2D eigenvalue weighted by Crippen LogP contribution is 2.50. The van der Waals surface area contributed by atoms with Crippen LogP contribution in [0.2, 0.25) is 0 Å². The lowest BCUT2D eigenvalue weighted by Crippen LogP contribution is -2.42.